The second-order valence-corrected chi connectivity index (χ2v) is 3.51. The van der Waals surface area contributed by atoms with Crippen molar-refractivity contribution in [3.8, 4) is 0 Å². The van der Waals surface area contributed by atoms with E-state index in [-0.39, 0.29) is 11.4 Å². The number of nitrogens with two attached hydrogens (primary N) is 2. The molecule has 0 saturated heterocycles. The Morgan fingerprint density at radius 3 is 2.75 bits per heavy atom. The van der Waals surface area contributed by atoms with Crippen LogP contribution in [0.1, 0.15) is 17.5 Å². The number of nitro groups is 1. The molecule has 1 aromatic carbocycles. The van der Waals surface area contributed by atoms with E-state index in [1.807, 2.05) is 18.2 Å². The van der Waals surface area contributed by atoms with Crippen LogP contribution in [-0.4, -0.2) is 11.5 Å². The summed E-state index contributed by atoms with van der Waals surface area (Å²) in [5.41, 5.74) is 12.6. The average Bonchev–Trinajstić information content (AvgIpc) is 2.23. The molecule has 0 aliphatic heterocycles. The summed E-state index contributed by atoms with van der Waals surface area (Å²) in [6.45, 7) is 2.31. The van der Waals surface area contributed by atoms with Crippen molar-refractivity contribution >= 4 is 17.5 Å². The van der Waals surface area contributed by atoms with Crippen molar-refractivity contribution in [2.75, 3.05) is 12.3 Å². The number of benzene rings is 1. The average molecular weight is 221 g/mol. The Kier molecular flexibility index (Phi) is 4.02. The van der Waals surface area contributed by atoms with Crippen LogP contribution in [0.3, 0.4) is 0 Å². The SMILES string of the molecule is Cc1cc(C=CCCN)cc([N+](=O)[O-])c1N. The molecular formula is C11H15N3O2. The molecule has 0 unspecified atom stereocenters. The molecule has 0 aliphatic rings. The highest BCUT2D eigenvalue weighted by atomic mass is 16.6. The Balaban J connectivity index is 3.09. The number of aryl methyl sites for hydroxylation is 1. The maximum atomic E-state index is 10.7. The molecule has 0 atom stereocenters. The molecule has 1 rings (SSSR count). The quantitative estimate of drug-likeness (QED) is 0.460. The summed E-state index contributed by atoms with van der Waals surface area (Å²) in [6, 6.07) is 3.28. The van der Waals surface area contributed by atoms with E-state index < -0.39 is 4.92 Å². The summed E-state index contributed by atoms with van der Waals surface area (Å²) in [6.07, 6.45) is 4.44. The normalized spacial score (nSPS) is 10.9. The first kappa shape index (κ1) is 12.2. The van der Waals surface area contributed by atoms with Crippen LogP contribution in [0.2, 0.25) is 0 Å². The zero-order chi connectivity index (χ0) is 12.1. The van der Waals surface area contributed by atoms with E-state index in [1.165, 1.54) is 6.07 Å². The van der Waals surface area contributed by atoms with Gasteiger partial charge in [-0.05, 0) is 37.1 Å². The number of hydrogen-bond acceptors (Lipinski definition) is 4. The van der Waals surface area contributed by atoms with Crippen molar-refractivity contribution in [2.24, 2.45) is 5.73 Å². The molecule has 5 heteroatoms. The van der Waals surface area contributed by atoms with Crippen molar-refractivity contribution in [1.82, 2.24) is 0 Å². The Morgan fingerprint density at radius 1 is 1.50 bits per heavy atom. The van der Waals surface area contributed by atoms with Gasteiger partial charge in [-0.2, -0.15) is 0 Å². The Bertz CT molecular complexity index is 427. The van der Waals surface area contributed by atoms with Crippen LogP contribution in [0.15, 0.2) is 18.2 Å². The minimum atomic E-state index is -0.470. The third-order valence-corrected chi connectivity index (χ3v) is 2.23. The lowest BCUT2D eigenvalue weighted by atomic mass is 10.1. The fraction of sp³-hybridized carbons (Fsp3) is 0.273. The van der Waals surface area contributed by atoms with Gasteiger partial charge in [-0.1, -0.05) is 12.2 Å². The predicted molar refractivity (Wildman–Crippen MR) is 65.0 cm³/mol. The first-order valence-corrected chi connectivity index (χ1v) is 4.97. The van der Waals surface area contributed by atoms with E-state index in [0.717, 1.165) is 12.0 Å². The van der Waals surface area contributed by atoms with Gasteiger partial charge < -0.3 is 11.5 Å². The van der Waals surface area contributed by atoms with Crippen LogP contribution < -0.4 is 11.5 Å². The number of hydrogen-bond donors (Lipinski definition) is 2. The maximum absolute atomic E-state index is 10.7. The van der Waals surface area contributed by atoms with E-state index in [9.17, 15) is 10.1 Å². The van der Waals surface area contributed by atoms with Gasteiger partial charge in [0.05, 0.1) is 4.92 Å². The van der Waals surface area contributed by atoms with Gasteiger partial charge in [0.2, 0.25) is 0 Å². The lowest BCUT2D eigenvalue weighted by Gasteiger charge is -2.03. The van der Waals surface area contributed by atoms with Gasteiger partial charge in [0.1, 0.15) is 5.69 Å². The van der Waals surface area contributed by atoms with Crippen LogP contribution in [0, 0.1) is 17.0 Å². The molecule has 0 saturated carbocycles. The van der Waals surface area contributed by atoms with Gasteiger partial charge in [0, 0.05) is 6.07 Å². The van der Waals surface area contributed by atoms with Crippen LogP contribution in [0.25, 0.3) is 6.08 Å². The van der Waals surface area contributed by atoms with E-state index in [1.54, 1.807) is 6.92 Å². The smallest absolute Gasteiger partial charge is 0.292 e. The molecule has 16 heavy (non-hydrogen) atoms. The third kappa shape index (κ3) is 2.80. The number of nitrogens with zero attached hydrogens (tertiary/aromatic N) is 1. The van der Waals surface area contributed by atoms with Crippen LogP contribution >= 0.6 is 0 Å². The van der Waals surface area contributed by atoms with Gasteiger partial charge in [-0.15, -0.1) is 0 Å². The summed E-state index contributed by atoms with van der Waals surface area (Å²) in [4.78, 5) is 10.3. The molecule has 0 aromatic heterocycles. The molecule has 4 N–H and O–H groups in total. The van der Waals surface area contributed by atoms with Gasteiger partial charge in [-0.25, -0.2) is 0 Å². The summed E-state index contributed by atoms with van der Waals surface area (Å²) < 4.78 is 0. The predicted octanol–water partition coefficient (Wildman–Crippen LogP) is 1.85. The highest BCUT2D eigenvalue weighted by Gasteiger charge is 2.13. The molecule has 1 aromatic rings. The molecule has 0 aliphatic carbocycles. The number of nitrogen functional groups attached to an aromatic ring is 1. The summed E-state index contributed by atoms with van der Waals surface area (Å²) in [5.74, 6) is 0. The minimum absolute atomic E-state index is 0.0487. The number of rotatable bonds is 4. The minimum Gasteiger partial charge on any atom is -0.393 e. The maximum Gasteiger partial charge on any atom is 0.292 e. The zero-order valence-electron chi connectivity index (χ0n) is 9.14. The van der Waals surface area contributed by atoms with Gasteiger partial charge in [-0.3, -0.25) is 10.1 Å². The van der Waals surface area contributed by atoms with E-state index in [4.69, 9.17) is 11.5 Å². The molecule has 0 radical (unpaired) electrons. The third-order valence-electron chi connectivity index (χ3n) is 2.23. The topological polar surface area (TPSA) is 95.2 Å². The summed E-state index contributed by atoms with van der Waals surface area (Å²) in [7, 11) is 0. The monoisotopic (exact) mass is 221 g/mol. The first-order chi connectivity index (χ1) is 7.56. The molecule has 0 bridgehead atoms. The highest BCUT2D eigenvalue weighted by molar-refractivity contribution is 5.68. The van der Waals surface area contributed by atoms with Crippen molar-refractivity contribution in [3.05, 3.63) is 39.4 Å². The Morgan fingerprint density at radius 2 is 2.19 bits per heavy atom. The number of nitro benzene ring substituents is 1. The van der Waals surface area contributed by atoms with E-state index >= 15 is 0 Å². The van der Waals surface area contributed by atoms with Gasteiger partial charge >= 0.3 is 0 Å². The van der Waals surface area contributed by atoms with E-state index in [0.29, 0.717) is 12.1 Å². The summed E-state index contributed by atoms with van der Waals surface area (Å²) >= 11 is 0. The second-order valence-electron chi connectivity index (χ2n) is 3.51. The molecule has 86 valence electrons. The Labute approximate surface area is 93.9 Å². The molecule has 0 fully saturated rings. The largest absolute Gasteiger partial charge is 0.393 e. The zero-order valence-corrected chi connectivity index (χ0v) is 9.14. The van der Waals surface area contributed by atoms with Crippen molar-refractivity contribution in [3.63, 3.8) is 0 Å². The van der Waals surface area contributed by atoms with Crippen molar-refractivity contribution < 1.29 is 4.92 Å². The number of anilines is 1. The van der Waals surface area contributed by atoms with Crippen molar-refractivity contribution in [1.29, 1.82) is 0 Å². The fourth-order valence-electron chi connectivity index (χ4n) is 1.37. The lowest BCUT2D eigenvalue weighted by Crippen LogP contribution is -1.99. The molecule has 5 nitrogen and oxygen atoms in total. The van der Waals surface area contributed by atoms with Crippen LogP contribution in [0.4, 0.5) is 11.4 Å². The summed E-state index contributed by atoms with van der Waals surface area (Å²) in [5, 5.41) is 10.7. The van der Waals surface area contributed by atoms with Crippen LogP contribution in [0.5, 0.6) is 0 Å². The molecular weight excluding hydrogens is 206 g/mol. The van der Waals surface area contributed by atoms with Gasteiger partial charge in [0.15, 0.2) is 0 Å². The standard InChI is InChI=1S/C11H15N3O2/c1-8-6-9(4-2-3-5-12)7-10(11(8)13)14(15)16/h2,4,6-7H,3,5,12-13H2,1H3. The Hall–Kier alpha value is -1.88. The fourth-order valence-corrected chi connectivity index (χ4v) is 1.37. The van der Waals surface area contributed by atoms with Crippen molar-refractivity contribution in [2.45, 2.75) is 13.3 Å². The van der Waals surface area contributed by atoms with E-state index in [2.05, 4.69) is 0 Å². The first-order valence-electron chi connectivity index (χ1n) is 4.97. The molecule has 0 spiro atoms. The highest BCUT2D eigenvalue weighted by Crippen LogP contribution is 2.27. The van der Waals surface area contributed by atoms with Crippen LogP contribution in [-0.2, 0) is 0 Å². The second kappa shape index (κ2) is 5.27. The lowest BCUT2D eigenvalue weighted by molar-refractivity contribution is -0.383. The molecule has 0 heterocycles. The van der Waals surface area contributed by atoms with Gasteiger partial charge in [0.25, 0.3) is 5.69 Å². The molecule has 0 amide bonds.